The topological polar surface area (TPSA) is 105 Å². The molecule has 2 amide bonds. The predicted molar refractivity (Wildman–Crippen MR) is 137 cm³/mol. The molecular formula is C27H25BrN2O5. The molecule has 0 saturated carbocycles. The van der Waals surface area contributed by atoms with Gasteiger partial charge in [0.25, 0.3) is 5.91 Å². The molecule has 0 radical (unpaired) electrons. The number of anilines is 1. The molecule has 0 saturated heterocycles. The number of carbonyl (C=O) groups is 3. The van der Waals surface area contributed by atoms with Crippen LogP contribution in [0, 0.1) is 6.92 Å². The number of aliphatic carboxylic acids is 1. The third-order valence-electron chi connectivity index (χ3n) is 6.00. The van der Waals surface area contributed by atoms with Gasteiger partial charge in [-0.25, -0.2) is 4.79 Å². The van der Waals surface area contributed by atoms with Crippen molar-refractivity contribution in [3.05, 3.63) is 87.4 Å². The van der Waals surface area contributed by atoms with Crippen LogP contribution in [0.2, 0.25) is 0 Å². The van der Waals surface area contributed by atoms with Crippen LogP contribution in [-0.4, -0.2) is 35.7 Å². The average Bonchev–Trinajstić information content (AvgIpc) is 3.12. The van der Waals surface area contributed by atoms with E-state index in [0.29, 0.717) is 10.2 Å². The Balaban J connectivity index is 1.46. The summed E-state index contributed by atoms with van der Waals surface area (Å²) >= 11 is 3.37. The van der Waals surface area contributed by atoms with Crippen LogP contribution in [0.4, 0.5) is 10.5 Å². The maximum atomic E-state index is 12.7. The first-order valence-corrected chi connectivity index (χ1v) is 12.0. The number of nitrogens with one attached hydrogen (secondary N) is 2. The molecule has 180 valence electrons. The van der Waals surface area contributed by atoms with Gasteiger partial charge < -0.3 is 15.2 Å². The second kappa shape index (κ2) is 10.3. The van der Waals surface area contributed by atoms with Crippen LogP contribution >= 0.6 is 15.9 Å². The summed E-state index contributed by atoms with van der Waals surface area (Å²) in [4.78, 5) is 36.2. The van der Waals surface area contributed by atoms with Gasteiger partial charge in [0, 0.05) is 22.1 Å². The van der Waals surface area contributed by atoms with E-state index in [1.165, 1.54) is 0 Å². The molecule has 0 unspecified atom stereocenters. The van der Waals surface area contributed by atoms with Crippen molar-refractivity contribution in [2.45, 2.75) is 32.2 Å². The lowest BCUT2D eigenvalue weighted by molar-refractivity contribution is -0.137. The summed E-state index contributed by atoms with van der Waals surface area (Å²) in [6.45, 7) is 3.60. The van der Waals surface area contributed by atoms with Crippen molar-refractivity contribution in [2.75, 3.05) is 11.9 Å². The Morgan fingerprint density at radius 2 is 1.63 bits per heavy atom. The van der Waals surface area contributed by atoms with Crippen molar-refractivity contribution in [1.82, 2.24) is 5.32 Å². The standard InChI is InChI=1S/C27H25BrN2O5/c1-15-11-23(28)21(26(33)29-16(2)12-25(31)32)13-24(15)30-27(34)35-14-22-19-9-5-3-7-17(19)18-8-4-6-10-20(18)22/h3-11,13,16,22H,12,14H2,1-2H3,(H,29,33)(H,30,34)(H,31,32)/t16-/m0/s1. The van der Waals surface area contributed by atoms with Gasteiger partial charge in [-0.05, 0) is 69.7 Å². The van der Waals surface area contributed by atoms with E-state index < -0.39 is 24.0 Å². The monoisotopic (exact) mass is 536 g/mol. The minimum Gasteiger partial charge on any atom is -0.481 e. The normalized spacial score (nSPS) is 12.9. The van der Waals surface area contributed by atoms with Gasteiger partial charge in [0.15, 0.2) is 0 Å². The number of benzene rings is 3. The molecular weight excluding hydrogens is 512 g/mol. The predicted octanol–water partition coefficient (Wildman–Crippen LogP) is 5.71. The highest BCUT2D eigenvalue weighted by molar-refractivity contribution is 9.10. The Labute approximate surface area is 211 Å². The van der Waals surface area contributed by atoms with E-state index >= 15 is 0 Å². The summed E-state index contributed by atoms with van der Waals surface area (Å²) in [5, 5.41) is 14.3. The molecule has 0 spiro atoms. The highest BCUT2D eigenvalue weighted by atomic mass is 79.9. The van der Waals surface area contributed by atoms with Crippen molar-refractivity contribution in [3.8, 4) is 11.1 Å². The summed E-state index contributed by atoms with van der Waals surface area (Å²) in [6, 6.07) is 18.9. The molecule has 8 heteroatoms. The van der Waals surface area contributed by atoms with Gasteiger partial charge in [-0.2, -0.15) is 0 Å². The minimum absolute atomic E-state index is 0.0590. The highest BCUT2D eigenvalue weighted by Crippen LogP contribution is 2.44. The zero-order chi connectivity index (χ0) is 25.1. The molecule has 1 aliphatic rings. The van der Waals surface area contributed by atoms with Crippen molar-refractivity contribution in [3.63, 3.8) is 0 Å². The lowest BCUT2D eigenvalue weighted by Crippen LogP contribution is -2.34. The van der Waals surface area contributed by atoms with E-state index in [1.807, 2.05) is 24.3 Å². The maximum Gasteiger partial charge on any atom is 0.411 e. The Kier molecular flexibility index (Phi) is 7.21. The molecule has 3 aromatic carbocycles. The first-order valence-electron chi connectivity index (χ1n) is 11.2. The second-order valence-corrected chi connectivity index (χ2v) is 9.42. The number of fused-ring (bicyclic) bond motifs is 3. The van der Waals surface area contributed by atoms with Crippen molar-refractivity contribution < 1.29 is 24.2 Å². The van der Waals surface area contributed by atoms with Crippen molar-refractivity contribution in [2.24, 2.45) is 0 Å². The second-order valence-electron chi connectivity index (χ2n) is 8.57. The molecule has 35 heavy (non-hydrogen) atoms. The summed E-state index contributed by atoms with van der Waals surface area (Å²) in [5.41, 5.74) is 5.98. The molecule has 4 rings (SSSR count). The van der Waals surface area contributed by atoms with Gasteiger partial charge in [0.1, 0.15) is 6.61 Å². The smallest absolute Gasteiger partial charge is 0.411 e. The van der Waals surface area contributed by atoms with Crippen LogP contribution in [0.1, 0.15) is 46.3 Å². The Bertz CT molecular complexity index is 1260. The molecule has 3 aromatic rings. The van der Waals surface area contributed by atoms with Crippen molar-refractivity contribution in [1.29, 1.82) is 0 Å². The maximum absolute atomic E-state index is 12.7. The van der Waals surface area contributed by atoms with Crippen LogP contribution in [-0.2, 0) is 9.53 Å². The number of amides is 2. The van der Waals surface area contributed by atoms with Crippen LogP contribution in [0.5, 0.6) is 0 Å². The molecule has 1 aliphatic carbocycles. The number of aryl methyl sites for hydroxylation is 1. The zero-order valence-electron chi connectivity index (χ0n) is 19.3. The molecule has 0 fully saturated rings. The van der Waals surface area contributed by atoms with Crippen LogP contribution in [0.15, 0.2) is 65.1 Å². The third-order valence-corrected chi connectivity index (χ3v) is 6.65. The van der Waals surface area contributed by atoms with E-state index in [0.717, 1.165) is 27.8 Å². The number of rotatable bonds is 7. The highest BCUT2D eigenvalue weighted by Gasteiger charge is 2.29. The number of hydrogen-bond acceptors (Lipinski definition) is 4. The lowest BCUT2D eigenvalue weighted by Gasteiger charge is -2.17. The summed E-state index contributed by atoms with van der Waals surface area (Å²) in [7, 11) is 0. The average molecular weight is 537 g/mol. The fourth-order valence-corrected chi connectivity index (χ4v) is 4.98. The first kappa shape index (κ1) is 24.5. The number of hydrogen-bond donors (Lipinski definition) is 3. The number of halogens is 1. The fourth-order valence-electron chi connectivity index (χ4n) is 4.34. The molecule has 0 aromatic heterocycles. The SMILES string of the molecule is Cc1cc(Br)c(C(=O)N[C@@H](C)CC(=O)O)cc1NC(=O)OCC1c2ccccc2-c2ccccc21. The van der Waals surface area contributed by atoms with Gasteiger partial charge in [-0.3, -0.25) is 14.9 Å². The Morgan fingerprint density at radius 1 is 1.03 bits per heavy atom. The van der Waals surface area contributed by atoms with Gasteiger partial charge in [0.2, 0.25) is 0 Å². The zero-order valence-corrected chi connectivity index (χ0v) is 20.9. The number of carboxylic acid groups (broad SMARTS) is 1. The molecule has 0 aliphatic heterocycles. The summed E-state index contributed by atoms with van der Waals surface area (Å²) in [6.07, 6.45) is -0.817. The molecule has 1 atom stereocenters. The number of carbonyl (C=O) groups excluding carboxylic acids is 2. The van der Waals surface area contributed by atoms with Gasteiger partial charge in [0.05, 0.1) is 12.0 Å². The lowest BCUT2D eigenvalue weighted by atomic mass is 9.98. The van der Waals surface area contributed by atoms with Gasteiger partial charge in [-0.15, -0.1) is 0 Å². The first-order chi connectivity index (χ1) is 16.7. The minimum atomic E-state index is -1.00. The largest absolute Gasteiger partial charge is 0.481 e. The van der Waals surface area contributed by atoms with Crippen LogP contribution < -0.4 is 10.6 Å². The quantitative estimate of drug-likeness (QED) is 0.358. The Morgan fingerprint density at radius 3 is 2.23 bits per heavy atom. The molecule has 0 heterocycles. The van der Waals surface area contributed by atoms with E-state index in [9.17, 15) is 14.4 Å². The van der Waals surface area contributed by atoms with E-state index in [-0.39, 0.29) is 24.5 Å². The van der Waals surface area contributed by atoms with Crippen molar-refractivity contribution >= 4 is 39.6 Å². The third kappa shape index (κ3) is 5.38. The van der Waals surface area contributed by atoms with Crippen LogP contribution in [0.3, 0.4) is 0 Å². The number of ether oxygens (including phenoxy) is 1. The molecule has 7 nitrogen and oxygen atoms in total. The van der Waals surface area contributed by atoms with E-state index in [2.05, 4.69) is 50.8 Å². The summed E-state index contributed by atoms with van der Waals surface area (Å²) < 4.78 is 6.15. The van der Waals surface area contributed by atoms with E-state index in [1.54, 1.807) is 26.0 Å². The van der Waals surface area contributed by atoms with Crippen LogP contribution in [0.25, 0.3) is 11.1 Å². The Hall–Kier alpha value is -3.65. The van der Waals surface area contributed by atoms with Gasteiger partial charge >= 0.3 is 12.1 Å². The molecule has 0 bridgehead atoms. The summed E-state index contributed by atoms with van der Waals surface area (Å²) in [5.74, 6) is -1.50. The fraction of sp³-hybridized carbons (Fsp3) is 0.222. The number of carboxylic acids is 1. The molecule has 3 N–H and O–H groups in total. The van der Waals surface area contributed by atoms with E-state index in [4.69, 9.17) is 9.84 Å². The van der Waals surface area contributed by atoms with Gasteiger partial charge in [-0.1, -0.05) is 48.5 Å².